The van der Waals surface area contributed by atoms with Crippen molar-refractivity contribution in [2.75, 3.05) is 39.7 Å². The lowest BCUT2D eigenvalue weighted by Gasteiger charge is -2.19. The van der Waals surface area contributed by atoms with Crippen molar-refractivity contribution in [3.63, 3.8) is 0 Å². The highest BCUT2D eigenvalue weighted by atomic mass is 16.5. The lowest BCUT2D eigenvalue weighted by Crippen LogP contribution is -2.26. The number of unbranched alkanes of at least 4 members (excludes halogenated alkanes) is 2. The van der Waals surface area contributed by atoms with Gasteiger partial charge >= 0.3 is 0 Å². The first-order valence-corrected chi connectivity index (χ1v) is 14.5. The van der Waals surface area contributed by atoms with Gasteiger partial charge in [-0.15, -0.1) is 0 Å². The summed E-state index contributed by atoms with van der Waals surface area (Å²) in [5.41, 5.74) is 3.64. The number of fused-ring (bicyclic) bond motifs is 3. The van der Waals surface area contributed by atoms with Crippen LogP contribution in [0.1, 0.15) is 76.5 Å². The predicted octanol–water partition coefficient (Wildman–Crippen LogP) is 5.00. The van der Waals surface area contributed by atoms with Crippen LogP contribution < -0.4 is 35.6 Å². The van der Waals surface area contributed by atoms with Gasteiger partial charge < -0.3 is 30.2 Å². The number of anilines is 1. The zero-order valence-electron chi connectivity index (χ0n) is 25.3. The number of nitrogens with one attached hydrogen (secondary N) is 3. The van der Waals surface area contributed by atoms with E-state index in [1.54, 1.807) is 33.5 Å². The number of methoxy groups -OCH3 is 3. The van der Waals surface area contributed by atoms with Crippen LogP contribution >= 0.6 is 0 Å². The number of benzene rings is 1. The second-order valence-corrected chi connectivity index (χ2v) is 10.9. The van der Waals surface area contributed by atoms with Crippen molar-refractivity contribution in [3.8, 4) is 28.4 Å². The third kappa shape index (κ3) is 8.38. The Kier molecular flexibility index (Phi) is 11.9. The van der Waals surface area contributed by atoms with Gasteiger partial charge in [-0.25, -0.2) is 0 Å². The van der Waals surface area contributed by atoms with Gasteiger partial charge in [0.1, 0.15) is 0 Å². The Morgan fingerprint density at radius 1 is 0.976 bits per heavy atom. The van der Waals surface area contributed by atoms with Crippen LogP contribution in [0.25, 0.3) is 11.1 Å². The first kappa shape index (κ1) is 31.8. The minimum Gasteiger partial charge on any atom is -0.493 e. The minimum absolute atomic E-state index is 0.0933. The highest BCUT2D eigenvalue weighted by Gasteiger charge is 2.29. The SMILES string of the molecule is COc1cc2c(c(OC)c1OC)-c1ccc(NCCCCCC(=O)NCCC(C)C)c(=O)cc1[C@H](NC(C)=O)CC2. The zero-order chi connectivity index (χ0) is 29.9. The van der Waals surface area contributed by atoms with E-state index < -0.39 is 0 Å². The van der Waals surface area contributed by atoms with Gasteiger partial charge in [0, 0.05) is 32.0 Å². The van der Waals surface area contributed by atoms with Gasteiger partial charge in [-0.2, -0.15) is 0 Å². The van der Waals surface area contributed by atoms with Crippen LogP contribution in [0.15, 0.2) is 29.1 Å². The van der Waals surface area contributed by atoms with Crippen LogP contribution in [0.5, 0.6) is 17.2 Å². The Labute approximate surface area is 243 Å². The fourth-order valence-corrected chi connectivity index (χ4v) is 5.25. The van der Waals surface area contributed by atoms with Gasteiger partial charge in [0.2, 0.25) is 23.0 Å². The molecule has 1 atom stereocenters. The van der Waals surface area contributed by atoms with E-state index in [0.29, 0.717) is 54.7 Å². The van der Waals surface area contributed by atoms with Crippen molar-refractivity contribution in [3.05, 3.63) is 45.6 Å². The monoisotopic (exact) mass is 567 g/mol. The van der Waals surface area contributed by atoms with E-state index in [2.05, 4.69) is 29.8 Å². The van der Waals surface area contributed by atoms with E-state index in [0.717, 1.165) is 54.5 Å². The first-order valence-electron chi connectivity index (χ1n) is 14.5. The lowest BCUT2D eigenvalue weighted by molar-refractivity contribution is -0.121. The Balaban J connectivity index is 1.83. The molecule has 224 valence electrons. The average Bonchev–Trinajstić information content (AvgIpc) is 3.17. The van der Waals surface area contributed by atoms with Gasteiger partial charge in [0.15, 0.2) is 11.5 Å². The molecule has 2 aromatic carbocycles. The second-order valence-electron chi connectivity index (χ2n) is 10.9. The summed E-state index contributed by atoms with van der Waals surface area (Å²) in [7, 11) is 4.73. The summed E-state index contributed by atoms with van der Waals surface area (Å²) in [6.45, 7) is 7.09. The fourth-order valence-electron chi connectivity index (χ4n) is 5.25. The molecule has 0 saturated heterocycles. The van der Waals surface area contributed by atoms with Gasteiger partial charge in [-0.3, -0.25) is 14.4 Å². The van der Waals surface area contributed by atoms with Crippen LogP contribution in [0.3, 0.4) is 0 Å². The maximum absolute atomic E-state index is 13.4. The van der Waals surface area contributed by atoms with Gasteiger partial charge in [0.25, 0.3) is 0 Å². The lowest BCUT2D eigenvalue weighted by atomic mass is 9.95. The van der Waals surface area contributed by atoms with E-state index in [9.17, 15) is 14.4 Å². The molecule has 41 heavy (non-hydrogen) atoms. The Hall–Kier alpha value is -3.75. The molecule has 0 bridgehead atoms. The molecule has 0 aliphatic heterocycles. The molecular weight excluding hydrogens is 522 g/mol. The van der Waals surface area contributed by atoms with Crippen molar-refractivity contribution in [1.29, 1.82) is 0 Å². The topological polar surface area (TPSA) is 115 Å². The molecular formula is C32H45N3O6. The molecule has 9 heteroatoms. The van der Waals surface area contributed by atoms with Crippen LogP contribution in [0.2, 0.25) is 0 Å². The number of carbonyl (C=O) groups is 2. The van der Waals surface area contributed by atoms with Gasteiger partial charge in [0.05, 0.1) is 33.1 Å². The molecule has 0 spiro atoms. The molecule has 0 unspecified atom stereocenters. The maximum Gasteiger partial charge on any atom is 0.219 e. The van der Waals surface area contributed by atoms with E-state index in [4.69, 9.17) is 14.2 Å². The Bertz CT molecular complexity index is 1280. The standard InChI is InChI=1S/C32H45N3O6/c1-20(2)15-17-34-29(38)10-8-7-9-16-33-26-14-12-23-24(19-27(26)37)25(35-21(3)36)13-11-22-18-28(39-4)31(40-5)32(41-6)30(22)23/h12,14,18-20,25H,7-11,13,15-17H2,1-6H3,(H,33,37)(H,34,38)(H,35,36)/t25-/m1/s1. The van der Waals surface area contributed by atoms with Crippen molar-refractivity contribution in [2.45, 2.75) is 71.8 Å². The maximum atomic E-state index is 13.4. The number of rotatable bonds is 14. The van der Waals surface area contributed by atoms with E-state index in [1.165, 1.54) is 6.92 Å². The van der Waals surface area contributed by atoms with E-state index in [-0.39, 0.29) is 23.3 Å². The summed E-state index contributed by atoms with van der Waals surface area (Å²) in [5, 5.41) is 9.28. The average molecular weight is 568 g/mol. The quantitative estimate of drug-likeness (QED) is 0.275. The van der Waals surface area contributed by atoms with Crippen LogP contribution in [0.4, 0.5) is 5.69 Å². The third-order valence-electron chi connectivity index (χ3n) is 7.36. The minimum atomic E-state index is -0.351. The fraction of sp³-hybridized carbons (Fsp3) is 0.531. The molecule has 2 aromatic rings. The predicted molar refractivity (Wildman–Crippen MR) is 162 cm³/mol. The summed E-state index contributed by atoms with van der Waals surface area (Å²) >= 11 is 0. The van der Waals surface area contributed by atoms with Crippen molar-refractivity contribution in [1.82, 2.24) is 10.6 Å². The highest BCUT2D eigenvalue weighted by molar-refractivity contribution is 5.83. The third-order valence-corrected chi connectivity index (χ3v) is 7.36. The number of carbonyl (C=O) groups excluding carboxylic acids is 2. The van der Waals surface area contributed by atoms with E-state index >= 15 is 0 Å². The summed E-state index contributed by atoms with van der Waals surface area (Å²) in [4.78, 5) is 37.5. The normalized spacial score (nSPS) is 13.9. The first-order chi connectivity index (χ1) is 19.7. The van der Waals surface area contributed by atoms with Crippen LogP contribution in [0, 0.1) is 5.92 Å². The Morgan fingerprint density at radius 3 is 2.39 bits per heavy atom. The molecule has 1 aliphatic rings. The molecule has 0 saturated carbocycles. The molecule has 2 amide bonds. The summed E-state index contributed by atoms with van der Waals surface area (Å²) < 4.78 is 17.1. The Morgan fingerprint density at radius 2 is 1.73 bits per heavy atom. The molecule has 3 rings (SSSR count). The van der Waals surface area contributed by atoms with E-state index in [1.807, 2.05) is 12.1 Å². The smallest absolute Gasteiger partial charge is 0.219 e. The molecule has 9 nitrogen and oxygen atoms in total. The van der Waals surface area contributed by atoms with Crippen molar-refractivity contribution in [2.24, 2.45) is 5.92 Å². The number of amides is 2. The zero-order valence-corrected chi connectivity index (χ0v) is 25.3. The molecule has 1 aliphatic carbocycles. The number of hydrogen-bond acceptors (Lipinski definition) is 7. The number of hydrogen-bond donors (Lipinski definition) is 3. The van der Waals surface area contributed by atoms with Crippen LogP contribution in [-0.2, 0) is 16.0 Å². The molecule has 0 radical (unpaired) electrons. The summed E-state index contributed by atoms with van der Waals surface area (Å²) in [6, 6.07) is 6.90. The summed E-state index contributed by atoms with van der Waals surface area (Å²) in [5.74, 6) is 2.05. The van der Waals surface area contributed by atoms with Crippen molar-refractivity contribution >= 4 is 17.5 Å². The second kappa shape index (κ2) is 15.3. The van der Waals surface area contributed by atoms with Crippen LogP contribution in [-0.4, -0.2) is 46.2 Å². The number of ether oxygens (including phenoxy) is 3. The molecule has 0 aromatic heterocycles. The van der Waals surface area contributed by atoms with Gasteiger partial charge in [-0.05, 0) is 72.9 Å². The molecule has 0 fully saturated rings. The van der Waals surface area contributed by atoms with Crippen molar-refractivity contribution < 1.29 is 23.8 Å². The highest BCUT2D eigenvalue weighted by Crippen LogP contribution is 2.50. The molecule has 3 N–H and O–H groups in total. The van der Waals surface area contributed by atoms with Gasteiger partial charge in [-0.1, -0.05) is 26.3 Å². The summed E-state index contributed by atoms with van der Waals surface area (Å²) in [6.07, 6.45) is 5.26. The largest absolute Gasteiger partial charge is 0.493 e. The number of aryl methyl sites for hydroxylation is 1. The molecule has 0 heterocycles.